The van der Waals surface area contributed by atoms with Gasteiger partial charge in [-0.05, 0) is 45.1 Å². The van der Waals surface area contributed by atoms with Crippen molar-refractivity contribution in [2.45, 2.75) is 59.7 Å². The molecule has 90 valence electrons. The lowest BCUT2D eigenvalue weighted by atomic mass is 9.74. The van der Waals surface area contributed by atoms with Crippen molar-refractivity contribution in [3.8, 4) is 0 Å². The standard InChI is InChI=1S/C13H26FN/c1-12(2,3)10-7-8-15(9-11(10)14)13(4,5)6/h10-11H,7-9H2,1-6H3/t10-,11-/m1/s1. The fraction of sp³-hybridized carbons (Fsp3) is 1.00. The van der Waals surface area contributed by atoms with Gasteiger partial charge in [0.1, 0.15) is 6.17 Å². The molecule has 0 amide bonds. The highest BCUT2D eigenvalue weighted by Gasteiger charge is 2.39. The summed E-state index contributed by atoms with van der Waals surface area (Å²) >= 11 is 0. The van der Waals surface area contributed by atoms with Crippen LogP contribution in [0.5, 0.6) is 0 Å². The Balaban J connectivity index is 2.64. The quantitative estimate of drug-likeness (QED) is 0.598. The molecular weight excluding hydrogens is 189 g/mol. The van der Waals surface area contributed by atoms with E-state index in [-0.39, 0.29) is 16.9 Å². The number of hydrogen-bond acceptors (Lipinski definition) is 1. The van der Waals surface area contributed by atoms with Gasteiger partial charge in [-0.3, -0.25) is 4.90 Å². The summed E-state index contributed by atoms with van der Waals surface area (Å²) in [5, 5.41) is 0. The maximum Gasteiger partial charge on any atom is 0.116 e. The van der Waals surface area contributed by atoms with Crippen LogP contribution in [0.15, 0.2) is 0 Å². The molecule has 0 aromatic carbocycles. The maximum absolute atomic E-state index is 14.1. The third-order valence-corrected chi connectivity index (χ3v) is 3.60. The first-order chi connectivity index (χ1) is 6.62. The van der Waals surface area contributed by atoms with Gasteiger partial charge in [0.05, 0.1) is 0 Å². The minimum absolute atomic E-state index is 0.101. The molecule has 0 aromatic heterocycles. The molecule has 1 fully saturated rings. The fourth-order valence-corrected chi connectivity index (χ4v) is 2.49. The van der Waals surface area contributed by atoms with E-state index in [2.05, 4.69) is 46.4 Å². The van der Waals surface area contributed by atoms with E-state index in [0.717, 1.165) is 13.0 Å². The summed E-state index contributed by atoms with van der Waals surface area (Å²) in [5.74, 6) is 0.219. The van der Waals surface area contributed by atoms with Gasteiger partial charge in [-0.2, -0.15) is 0 Å². The van der Waals surface area contributed by atoms with Gasteiger partial charge < -0.3 is 0 Å². The molecule has 15 heavy (non-hydrogen) atoms. The molecule has 0 saturated carbocycles. The molecule has 0 aromatic rings. The molecule has 0 radical (unpaired) electrons. The molecule has 1 aliphatic heterocycles. The average Bonchev–Trinajstić information content (AvgIpc) is 1.99. The monoisotopic (exact) mass is 215 g/mol. The van der Waals surface area contributed by atoms with E-state index < -0.39 is 6.17 Å². The van der Waals surface area contributed by atoms with E-state index in [9.17, 15) is 4.39 Å². The first-order valence-corrected chi connectivity index (χ1v) is 6.01. The molecule has 0 aliphatic carbocycles. The van der Waals surface area contributed by atoms with Crippen molar-refractivity contribution in [1.82, 2.24) is 4.90 Å². The van der Waals surface area contributed by atoms with Crippen LogP contribution in [-0.4, -0.2) is 29.7 Å². The highest BCUT2D eigenvalue weighted by Crippen LogP contribution is 2.37. The minimum atomic E-state index is -0.669. The second-order valence-corrected chi connectivity index (χ2v) is 6.89. The molecule has 1 nitrogen and oxygen atoms in total. The first-order valence-electron chi connectivity index (χ1n) is 6.01. The topological polar surface area (TPSA) is 3.24 Å². The van der Waals surface area contributed by atoms with E-state index in [1.54, 1.807) is 0 Å². The van der Waals surface area contributed by atoms with Gasteiger partial charge >= 0.3 is 0 Å². The van der Waals surface area contributed by atoms with Crippen molar-refractivity contribution < 1.29 is 4.39 Å². The largest absolute Gasteiger partial charge is 0.296 e. The van der Waals surface area contributed by atoms with Crippen molar-refractivity contribution in [1.29, 1.82) is 0 Å². The molecule has 0 unspecified atom stereocenters. The number of hydrogen-bond donors (Lipinski definition) is 0. The highest BCUT2D eigenvalue weighted by atomic mass is 19.1. The fourth-order valence-electron chi connectivity index (χ4n) is 2.49. The predicted octanol–water partition coefficient (Wildman–Crippen LogP) is 3.49. The van der Waals surface area contributed by atoms with Crippen LogP contribution in [0.2, 0.25) is 0 Å². The zero-order valence-corrected chi connectivity index (χ0v) is 11.1. The maximum atomic E-state index is 14.1. The number of piperidine rings is 1. The van der Waals surface area contributed by atoms with Gasteiger partial charge in [0.15, 0.2) is 0 Å². The summed E-state index contributed by atoms with van der Waals surface area (Å²) in [7, 11) is 0. The molecular formula is C13H26FN. The lowest BCUT2D eigenvalue weighted by Crippen LogP contribution is -2.52. The van der Waals surface area contributed by atoms with Crippen LogP contribution in [0.1, 0.15) is 48.0 Å². The second kappa shape index (κ2) is 4.04. The van der Waals surface area contributed by atoms with Crippen LogP contribution in [0.4, 0.5) is 4.39 Å². The van der Waals surface area contributed by atoms with Crippen molar-refractivity contribution in [3.63, 3.8) is 0 Å². The Kier molecular flexibility index (Phi) is 3.49. The zero-order chi connectivity index (χ0) is 11.9. The Morgan fingerprint density at radius 1 is 1.07 bits per heavy atom. The number of alkyl halides is 1. The molecule has 1 rings (SSSR count). The molecule has 1 saturated heterocycles. The van der Waals surface area contributed by atoms with Crippen LogP contribution in [0.25, 0.3) is 0 Å². The van der Waals surface area contributed by atoms with Crippen LogP contribution >= 0.6 is 0 Å². The van der Waals surface area contributed by atoms with Crippen molar-refractivity contribution in [2.24, 2.45) is 11.3 Å². The predicted molar refractivity (Wildman–Crippen MR) is 63.8 cm³/mol. The van der Waals surface area contributed by atoms with E-state index in [1.807, 2.05) is 0 Å². The van der Waals surface area contributed by atoms with Gasteiger partial charge in [-0.1, -0.05) is 20.8 Å². The lowest BCUT2D eigenvalue weighted by molar-refractivity contribution is -0.0101. The van der Waals surface area contributed by atoms with Gasteiger partial charge in [-0.15, -0.1) is 0 Å². The molecule has 2 heteroatoms. The molecule has 2 atom stereocenters. The summed E-state index contributed by atoms with van der Waals surface area (Å²) in [6, 6.07) is 0. The van der Waals surface area contributed by atoms with Gasteiger partial charge in [0, 0.05) is 12.1 Å². The van der Waals surface area contributed by atoms with Gasteiger partial charge in [0.25, 0.3) is 0 Å². The van der Waals surface area contributed by atoms with E-state index >= 15 is 0 Å². The van der Waals surface area contributed by atoms with Crippen molar-refractivity contribution in [3.05, 3.63) is 0 Å². The number of nitrogens with zero attached hydrogens (tertiary/aromatic N) is 1. The summed E-state index contributed by atoms with van der Waals surface area (Å²) in [4.78, 5) is 2.26. The number of halogens is 1. The molecule has 1 heterocycles. The van der Waals surface area contributed by atoms with Crippen LogP contribution < -0.4 is 0 Å². The SMILES string of the molecule is CC(C)(C)[C@@H]1CCN(C(C)(C)C)C[C@H]1F. The normalized spacial score (nSPS) is 30.6. The van der Waals surface area contributed by atoms with E-state index in [0.29, 0.717) is 6.54 Å². The Bertz CT molecular complexity index is 212. The number of likely N-dealkylation sites (tertiary alicyclic amines) is 1. The van der Waals surface area contributed by atoms with Crippen LogP contribution in [-0.2, 0) is 0 Å². The van der Waals surface area contributed by atoms with Crippen molar-refractivity contribution in [2.75, 3.05) is 13.1 Å². The summed E-state index contributed by atoms with van der Waals surface area (Å²) < 4.78 is 14.1. The molecule has 0 N–H and O–H groups in total. The lowest BCUT2D eigenvalue weighted by Gasteiger charge is -2.46. The molecule has 0 spiro atoms. The molecule has 0 bridgehead atoms. The Morgan fingerprint density at radius 3 is 1.93 bits per heavy atom. The second-order valence-electron chi connectivity index (χ2n) is 6.89. The number of rotatable bonds is 0. The van der Waals surface area contributed by atoms with Gasteiger partial charge in [0.2, 0.25) is 0 Å². The summed E-state index contributed by atoms with van der Waals surface area (Å²) in [6.07, 6.45) is 0.319. The van der Waals surface area contributed by atoms with Crippen LogP contribution in [0.3, 0.4) is 0 Å². The zero-order valence-electron chi connectivity index (χ0n) is 11.1. The summed E-state index contributed by atoms with van der Waals surface area (Å²) in [5.41, 5.74) is 0.205. The minimum Gasteiger partial charge on any atom is -0.296 e. The Labute approximate surface area is 94.0 Å². The average molecular weight is 215 g/mol. The molecule has 1 aliphatic rings. The Morgan fingerprint density at radius 2 is 1.60 bits per heavy atom. The third kappa shape index (κ3) is 3.17. The van der Waals surface area contributed by atoms with Crippen LogP contribution in [0, 0.1) is 11.3 Å². The Hall–Kier alpha value is -0.110. The van der Waals surface area contributed by atoms with Crippen molar-refractivity contribution >= 4 is 0 Å². The van der Waals surface area contributed by atoms with Gasteiger partial charge in [-0.25, -0.2) is 4.39 Å². The van der Waals surface area contributed by atoms with E-state index in [1.165, 1.54) is 0 Å². The highest BCUT2D eigenvalue weighted by molar-refractivity contribution is 4.91. The third-order valence-electron chi connectivity index (χ3n) is 3.60. The first kappa shape index (κ1) is 13.0. The smallest absolute Gasteiger partial charge is 0.116 e. The summed E-state index contributed by atoms with van der Waals surface area (Å²) in [6.45, 7) is 14.6. The van der Waals surface area contributed by atoms with E-state index in [4.69, 9.17) is 0 Å².